The van der Waals surface area contributed by atoms with Crippen LogP contribution in [-0.2, 0) is 4.18 Å². The van der Waals surface area contributed by atoms with Gasteiger partial charge in [0, 0.05) is 37.4 Å². The highest BCUT2D eigenvalue weighted by Gasteiger charge is 1.99. The Hall–Kier alpha value is -2.29. The summed E-state index contributed by atoms with van der Waals surface area (Å²) in [5, 5.41) is 11.9. The normalized spacial score (nSPS) is 12.3. The molecule has 0 unspecified atom stereocenters. The van der Waals surface area contributed by atoms with Crippen molar-refractivity contribution >= 4 is 30.8 Å². The Morgan fingerprint density at radius 1 is 1.16 bits per heavy atom. The zero-order valence-corrected chi connectivity index (χ0v) is 15.5. The maximum absolute atomic E-state index is 10.2. The van der Waals surface area contributed by atoms with Crippen LogP contribution < -0.4 is 10.6 Å². The Labute approximate surface area is 153 Å². The molecule has 1 aliphatic rings. The van der Waals surface area contributed by atoms with E-state index in [2.05, 4.69) is 47.9 Å². The van der Waals surface area contributed by atoms with Gasteiger partial charge >= 0.3 is 6.09 Å². The molecule has 1 saturated carbocycles. The Balaban J connectivity index is 0.000000208. The van der Waals surface area contributed by atoms with Crippen LogP contribution in [-0.4, -0.2) is 32.3 Å². The van der Waals surface area contributed by atoms with Crippen molar-refractivity contribution in [3.8, 4) is 0 Å². The first-order valence-electron chi connectivity index (χ1n) is 8.27. The molecule has 0 aromatic carbocycles. The lowest BCUT2D eigenvalue weighted by atomic mass is 10.4. The van der Waals surface area contributed by atoms with E-state index < -0.39 is 6.09 Å². The summed E-state index contributed by atoms with van der Waals surface area (Å²) < 4.78 is 4.01. The lowest BCUT2D eigenvalue weighted by Crippen LogP contribution is -2.28. The largest absolute Gasteiger partial charge is 0.419 e. The molecule has 8 nitrogen and oxygen atoms in total. The smallest absolute Gasteiger partial charge is 0.378 e. The molecule has 2 aromatic rings. The molecule has 25 heavy (non-hydrogen) atoms. The van der Waals surface area contributed by atoms with Crippen LogP contribution >= 0.6 is 12.9 Å². The number of amides is 1. The molecule has 2 aromatic heterocycles. The van der Waals surface area contributed by atoms with Crippen LogP contribution in [0.4, 0.5) is 16.6 Å². The van der Waals surface area contributed by atoms with Gasteiger partial charge in [0.25, 0.3) is 0 Å². The summed E-state index contributed by atoms with van der Waals surface area (Å²) >= 11 is 3.28. The third-order valence-corrected chi connectivity index (χ3v) is 3.22. The number of nitrogens with one attached hydrogen (secondary N) is 3. The van der Waals surface area contributed by atoms with E-state index in [9.17, 15) is 4.79 Å². The summed E-state index contributed by atoms with van der Waals surface area (Å²) in [4.78, 5) is 18.2. The van der Waals surface area contributed by atoms with E-state index in [0.29, 0.717) is 5.95 Å². The Bertz CT molecular complexity index is 554. The van der Waals surface area contributed by atoms with Gasteiger partial charge < -0.3 is 14.8 Å². The van der Waals surface area contributed by atoms with Crippen molar-refractivity contribution in [3.63, 3.8) is 0 Å². The maximum Gasteiger partial charge on any atom is 0.419 e. The molecule has 1 amide bonds. The van der Waals surface area contributed by atoms with Gasteiger partial charge in [0.2, 0.25) is 5.95 Å². The summed E-state index contributed by atoms with van der Waals surface area (Å²) in [6.07, 6.45) is 12.0. The van der Waals surface area contributed by atoms with Crippen molar-refractivity contribution in [2.75, 3.05) is 5.32 Å². The highest BCUT2D eigenvalue weighted by molar-refractivity contribution is 7.75. The minimum Gasteiger partial charge on any atom is -0.378 e. The molecule has 0 atom stereocenters. The number of thiol groups is 1. The average Bonchev–Trinajstić information content (AvgIpc) is 3.32. The molecule has 0 spiro atoms. The second-order valence-electron chi connectivity index (χ2n) is 5.61. The molecular formula is C16H26N6O2S. The van der Waals surface area contributed by atoms with Crippen molar-refractivity contribution in [1.29, 1.82) is 0 Å². The fraction of sp³-hybridized carbons (Fsp3) is 0.500. The van der Waals surface area contributed by atoms with E-state index in [1.54, 1.807) is 30.7 Å². The lowest BCUT2D eigenvalue weighted by molar-refractivity contribution is 0.206. The number of aromatic nitrogens is 4. The van der Waals surface area contributed by atoms with Gasteiger partial charge in [-0.05, 0) is 19.9 Å². The summed E-state index contributed by atoms with van der Waals surface area (Å²) in [5.74, 6) is 1.34. The Morgan fingerprint density at radius 2 is 1.76 bits per heavy atom. The summed E-state index contributed by atoms with van der Waals surface area (Å²) in [5.41, 5.74) is 0. The molecule has 0 aliphatic heterocycles. The first-order chi connectivity index (χ1) is 12.1. The number of H-pyrrole nitrogens is 1. The van der Waals surface area contributed by atoms with Gasteiger partial charge in [0.15, 0.2) is 0 Å². The van der Waals surface area contributed by atoms with Crippen molar-refractivity contribution < 1.29 is 8.98 Å². The van der Waals surface area contributed by atoms with Crippen LogP contribution in [0.3, 0.4) is 0 Å². The van der Waals surface area contributed by atoms with E-state index in [0.717, 1.165) is 5.82 Å². The first-order valence-corrected chi connectivity index (χ1v) is 8.63. The zero-order chi connectivity index (χ0) is 18.3. The minimum atomic E-state index is -0.511. The third kappa shape index (κ3) is 11.0. The van der Waals surface area contributed by atoms with Gasteiger partial charge in [-0.3, -0.25) is 5.10 Å². The van der Waals surface area contributed by atoms with Crippen LogP contribution in [0.25, 0.3) is 0 Å². The second kappa shape index (κ2) is 13.1. The minimum absolute atomic E-state index is 0.106. The fourth-order valence-electron chi connectivity index (χ4n) is 1.96. The number of carbonyl (C=O) groups excluding carboxylic acids is 1. The molecule has 0 bridgehead atoms. The Kier molecular flexibility index (Phi) is 10.8. The van der Waals surface area contributed by atoms with E-state index in [1.807, 2.05) is 13.8 Å². The molecule has 9 heteroatoms. The predicted molar refractivity (Wildman–Crippen MR) is 101 cm³/mol. The lowest BCUT2D eigenvalue weighted by Gasteiger charge is -2.03. The molecule has 138 valence electrons. The molecule has 2 heterocycles. The summed E-state index contributed by atoms with van der Waals surface area (Å²) in [6.45, 7) is 3.68. The molecule has 3 rings (SSSR count). The molecular weight excluding hydrogens is 340 g/mol. The maximum atomic E-state index is 10.2. The van der Waals surface area contributed by atoms with Crippen LogP contribution in [0, 0.1) is 0 Å². The molecule has 1 aliphatic carbocycles. The van der Waals surface area contributed by atoms with Gasteiger partial charge in [-0.15, -0.1) is 0 Å². The summed E-state index contributed by atoms with van der Waals surface area (Å²) in [6, 6.07) is 3.67. The SMILES string of the molecule is C1CCCC1.CC(C)NC(=O)OS.c1cnc(Nc2ccn[nH]2)nc1. The van der Waals surface area contributed by atoms with E-state index >= 15 is 0 Å². The van der Waals surface area contributed by atoms with Gasteiger partial charge in [-0.2, -0.15) is 5.10 Å². The number of aromatic amines is 1. The monoisotopic (exact) mass is 366 g/mol. The number of anilines is 2. The highest BCUT2D eigenvalue weighted by Crippen LogP contribution is 2.15. The van der Waals surface area contributed by atoms with Crippen molar-refractivity contribution in [2.45, 2.75) is 52.0 Å². The topological polar surface area (TPSA) is 105 Å². The van der Waals surface area contributed by atoms with E-state index in [-0.39, 0.29) is 6.04 Å². The van der Waals surface area contributed by atoms with Gasteiger partial charge in [-0.1, -0.05) is 32.1 Å². The predicted octanol–water partition coefficient (Wildman–Crippen LogP) is 3.86. The molecule has 3 N–H and O–H groups in total. The van der Waals surface area contributed by atoms with Crippen LogP contribution in [0.2, 0.25) is 0 Å². The van der Waals surface area contributed by atoms with E-state index in [4.69, 9.17) is 0 Å². The molecule has 0 saturated heterocycles. The first kappa shape index (κ1) is 20.8. The van der Waals surface area contributed by atoms with Crippen LogP contribution in [0.15, 0.2) is 30.7 Å². The number of hydrogen-bond acceptors (Lipinski definition) is 7. The van der Waals surface area contributed by atoms with Crippen molar-refractivity contribution in [2.24, 2.45) is 0 Å². The summed E-state index contributed by atoms with van der Waals surface area (Å²) in [7, 11) is 0. The van der Waals surface area contributed by atoms with Gasteiger partial charge in [0.05, 0.1) is 6.20 Å². The zero-order valence-electron chi connectivity index (χ0n) is 14.6. The third-order valence-electron chi connectivity index (χ3n) is 3.05. The number of hydrogen-bond donors (Lipinski definition) is 4. The van der Waals surface area contributed by atoms with Crippen LogP contribution in [0.5, 0.6) is 0 Å². The number of carbonyl (C=O) groups is 1. The van der Waals surface area contributed by atoms with Gasteiger partial charge in [0.1, 0.15) is 5.82 Å². The average molecular weight is 366 g/mol. The molecule has 0 radical (unpaired) electrons. The standard InChI is InChI=1S/C7H7N5.C5H10.C4H9NO2S/c1-3-8-7(9-4-1)11-6-2-5-10-12-6;1-2-4-5-3-1;1-3(2)5-4(6)7-8/h1-5H,(H2,8,9,10,11,12);1-5H2;3,8H,1-2H3,(H,5,6). The van der Waals surface area contributed by atoms with Gasteiger partial charge in [-0.25, -0.2) is 14.8 Å². The van der Waals surface area contributed by atoms with Crippen molar-refractivity contribution in [3.05, 3.63) is 30.7 Å². The van der Waals surface area contributed by atoms with E-state index in [1.165, 1.54) is 32.1 Å². The van der Waals surface area contributed by atoms with Crippen molar-refractivity contribution in [1.82, 2.24) is 25.5 Å². The second-order valence-corrected chi connectivity index (χ2v) is 5.80. The number of nitrogens with zero attached hydrogens (tertiary/aromatic N) is 3. The number of rotatable bonds is 3. The molecule has 1 fully saturated rings. The van der Waals surface area contributed by atoms with Crippen LogP contribution in [0.1, 0.15) is 46.0 Å². The quantitative estimate of drug-likeness (QED) is 0.486. The fourth-order valence-corrected chi connectivity index (χ4v) is 2.01. The Morgan fingerprint density at radius 3 is 2.16 bits per heavy atom. The highest BCUT2D eigenvalue weighted by atomic mass is 32.1.